The Morgan fingerprint density at radius 3 is 1.66 bits per heavy atom. The van der Waals surface area contributed by atoms with E-state index in [2.05, 4.69) is 20.8 Å². The third-order valence-corrected chi connectivity index (χ3v) is 6.30. The first-order valence-electron chi connectivity index (χ1n) is 12.9. The topological polar surface area (TPSA) is 52.6 Å². The Balaban J connectivity index is 3.42. The maximum atomic E-state index is 12.8. The van der Waals surface area contributed by atoms with Crippen LogP contribution in [0, 0.1) is 0 Å². The van der Waals surface area contributed by atoms with Gasteiger partial charge in [-0.1, -0.05) is 78.6 Å². The molecule has 0 bridgehead atoms. The summed E-state index contributed by atoms with van der Waals surface area (Å²) in [6, 6.07) is 1.93. The molecule has 0 unspecified atom stereocenters. The summed E-state index contributed by atoms with van der Waals surface area (Å²) in [5.41, 5.74) is 4.30. The van der Waals surface area contributed by atoms with Gasteiger partial charge in [0.05, 0.1) is 25.3 Å². The molecule has 0 amide bonds. The minimum absolute atomic E-state index is 0.367. The Hall–Kier alpha value is -1.84. The van der Waals surface area contributed by atoms with E-state index in [-0.39, 0.29) is 0 Å². The van der Waals surface area contributed by atoms with Gasteiger partial charge in [-0.3, -0.25) is 0 Å². The average molecular weight is 447 g/mol. The maximum absolute atomic E-state index is 12.8. The van der Waals surface area contributed by atoms with Gasteiger partial charge < -0.3 is 9.47 Å². The van der Waals surface area contributed by atoms with Crippen molar-refractivity contribution in [3.63, 3.8) is 0 Å². The average Bonchev–Trinajstić information content (AvgIpc) is 2.81. The van der Waals surface area contributed by atoms with Gasteiger partial charge in [0, 0.05) is 0 Å². The van der Waals surface area contributed by atoms with Crippen molar-refractivity contribution in [3.8, 4) is 0 Å². The minimum atomic E-state index is -0.452. The van der Waals surface area contributed by atoms with Gasteiger partial charge in [0.25, 0.3) is 0 Å². The van der Waals surface area contributed by atoms with E-state index in [0.29, 0.717) is 11.1 Å². The van der Waals surface area contributed by atoms with Crippen LogP contribution in [0.1, 0.15) is 135 Å². The van der Waals surface area contributed by atoms with E-state index in [1.165, 1.54) is 57.5 Å². The van der Waals surface area contributed by atoms with Crippen LogP contribution in [0.15, 0.2) is 6.07 Å². The molecule has 1 aromatic rings. The van der Waals surface area contributed by atoms with Gasteiger partial charge in [-0.25, -0.2) is 9.59 Å². The SMILES string of the molecule is CCCCCCCCc1cc(C(=O)OC)c(C(=O)OC)c(CCCCC)c1CCCCC. The second kappa shape index (κ2) is 16.7. The molecule has 0 aliphatic rings. The van der Waals surface area contributed by atoms with Crippen molar-refractivity contribution in [1.82, 2.24) is 0 Å². The number of carbonyl (C=O) groups is 2. The summed E-state index contributed by atoms with van der Waals surface area (Å²) in [5.74, 6) is -0.883. The van der Waals surface area contributed by atoms with Crippen LogP contribution in [0.25, 0.3) is 0 Å². The standard InChI is InChI=1S/C28H46O4/c1-6-9-12-13-14-17-18-22-21-25(27(29)31-4)26(28(30)32-5)24(20-16-11-8-3)23(22)19-15-10-7-2/h21H,6-20H2,1-5H3. The third kappa shape index (κ3) is 8.96. The second-order valence-corrected chi connectivity index (χ2v) is 8.83. The van der Waals surface area contributed by atoms with Gasteiger partial charge in [-0.05, 0) is 61.3 Å². The van der Waals surface area contributed by atoms with E-state index in [1.54, 1.807) is 0 Å². The number of benzene rings is 1. The number of esters is 2. The lowest BCUT2D eigenvalue weighted by Crippen LogP contribution is -2.18. The molecule has 0 aliphatic carbocycles. The highest BCUT2D eigenvalue weighted by atomic mass is 16.5. The van der Waals surface area contributed by atoms with Gasteiger partial charge in [-0.15, -0.1) is 0 Å². The molecule has 4 heteroatoms. The number of rotatable bonds is 17. The second-order valence-electron chi connectivity index (χ2n) is 8.83. The smallest absolute Gasteiger partial charge is 0.339 e. The van der Waals surface area contributed by atoms with E-state index in [1.807, 2.05) is 6.07 Å². The predicted molar refractivity (Wildman–Crippen MR) is 133 cm³/mol. The maximum Gasteiger partial charge on any atom is 0.339 e. The fourth-order valence-electron chi connectivity index (χ4n) is 4.46. The molecule has 32 heavy (non-hydrogen) atoms. The summed E-state index contributed by atoms with van der Waals surface area (Å²) >= 11 is 0. The first-order valence-corrected chi connectivity index (χ1v) is 12.9. The molecule has 0 heterocycles. The molecule has 0 spiro atoms. The Kier molecular flexibility index (Phi) is 14.8. The van der Waals surface area contributed by atoms with Crippen molar-refractivity contribution in [1.29, 1.82) is 0 Å². The monoisotopic (exact) mass is 446 g/mol. The van der Waals surface area contributed by atoms with Gasteiger partial charge in [0.1, 0.15) is 0 Å². The first-order chi connectivity index (χ1) is 15.5. The zero-order valence-electron chi connectivity index (χ0n) is 21.3. The molecule has 0 saturated carbocycles. The lowest BCUT2D eigenvalue weighted by Gasteiger charge is -2.21. The van der Waals surface area contributed by atoms with Gasteiger partial charge in [0.2, 0.25) is 0 Å². The van der Waals surface area contributed by atoms with Crippen LogP contribution in [-0.2, 0) is 28.7 Å². The van der Waals surface area contributed by atoms with Crippen LogP contribution in [0.4, 0.5) is 0 Å². The molecule has 0 radical (unpaired) electrons. The highest BCUT2D eigenvalue weighted by Crippen LogP contribution is 2.30. The van der Waals surface area contributed by atoms with Crippen molar-refractivity contribution < 1.29 is 19.1 Å². The molecule has 182 valence electrons. The molecule has 1 aromatic carbocycles. The first kappa shape index (κ1) is 28.2. The van der Waals surface area contributed by atoms with E-state index < -0.39 is 11.9 Å². The Morgan fingerprint density at radius 2 is 1.09 bits per heavy atom. The van der Waals surface area contributed by atoms with Crippen LogP contribution < -0.4 is 0 Å². The quantitative estimate of drug-likeness (QED) is 0.182. The number of unbranched alkanes of at least 4 members (excludes halogenated alkanes) is 9. The lowest BCUT2D eigenvalue weighted by atomic mass is 9.84. The zero-order valence-corrected chi connectivity index (χ0v) is 21.3. The molecule has 0 atom stereocenters. The summed E-state index contributed by atoms with van der Waals surface area (Å²) in [5, 5.41) is 0. The number of ether oxygens (including phenoxy) is 2. The molecule has 0 fully saturated rings. The van der Waals surface area contributed by atoms with Crippen molar-refractivity contribution in [2.45, 2.75) is 117 Å². The van der Waals surface area contributed by atoms with E-state index in [4.69, 9.17) is 9.47 Å². The van der Waals surface area contributed by atoms with Gasteiger partial charge in [-0.2, -0.15) is 0 Å². The molecule has 0 saturated heterocycles. The normalized spacial score (nSPS) is 10.9. The number of aryl methyl sites for hydroxylation is 1. The summed E-state index contributed by atoms with van der Waals surface area (Å²) in [6.45, 7) is 6.62. The summed E-state index contributed by atoms with van der Waals surface area (Å²) in [6.07, 6.45) is 16.7. The van der Waals surface area contributed by atoms with Gasteiger partial charge in [0.15, 0.2) is 0 Å². The highest BCUT2D eigenvalue weighted by Gasteiger charge is 2.26. The molecule has 0 aromatic heterocycles. The molecular weight excluding hydrogens is 400 g/mol. The van der Waals surface area contributed by atoms with E-state index in [9.17, 15) is 9.59 Å². The summed E-state index contributed by atoms with van der Waals surface area (Å²) in [4.78, 5) is 25.5. The number of methoxy groups -OCH3 is 2. The largest absolute Gasteiger partial charge is 0.465 e. The van der Waals surface area contributed by atoms with Crippen molar-refractivity contribution in [2.24, 2.45) is 0 Å². The molecule has 1 rings (SSSR count). The lowest BCUT2D eigenvalue weighted by molar-refractivity contribution is 0.0554. The van der Waals surface area contributed by atoms with E-state index >= 15 is 0 Å². The molecule has 4 nitrogen and oxygen atoms in total. The fourth-order valence-corrected chi connectivity index (χ4v) is 4.46. The Bertz CT molecular complexity index is 693. The summed E-state index contributed by atoms with van der Waals surface area (Å²) in [7, 11) is 2.77. The molecule has 0 aliphatic heterocycles. The van der Waals surface area contributed by atoms with Gasteiger partial charge >= 0.3 is 11.9 Å². The number of hydrogen-bond acceptors (Lipinski definition) is 4. The van der Waals surface area contributed by atoms with Crippen LogP contribution in [0.3, 0.4) is 0 Å². The van der Waals surface area contributed by atoms with Crippen LogP contribution in [0.2, 0.25) is 0 Å². The minimum Gasteiger partial charge on any atom is -0.465 e. The molecular formula is C28H46O4. The van der Waals surface area contributed by atoms with Crippen molar-refractivity contribution in [3.05, 3.63) is 33.9 Å². The van der Waals surface area contributed by atoms with Crippen molar-refractivity contribution >= 4 is 11.9 Å². The highest BCUT2D eigenvalue weighted by molar-refractivity contribution is 6.04. The van der Waals surface area contributed by atoms with E-state index in [0.717, 1.165) is 69.8 Å². The summed E-state index contributed by atoms with van der Waals surface area (Å²) < 4.78 is 10.2. The van der Waals surface area contributed by atoms with Crippen LogP contribution >= 0.6 is 0 Å². The number of hydrogen-bond donors (Lipinski definition) is 0. The third-order valence-electron chi connectivity index (χ3n) is 6.30. The van der Waals surface area contributed by atoms with Crippen LogP contribution in [0.5, 0.6) is 0 Å². The zero-order chi connectivity index (χ0) is 23.8. The van der Waals surface area contributed by atoms with Crippen molar-refractivity contribution in [2.75, 3.05) is 14.2 Å². The van der Waals surface area contributed by atoms with Crippen LogP contribution in [-0.4, -0.2) is 26.2 Å². The Morgan fingerprint density at radius 1 is 0.625 bits per heavy atom. The molecule has 0 N–H and O–H groups in total. The predicted octanol–water partition coefficient (Wildman–Crippen LogP) is 7.63. The number of carbonyl (C=O) groups excluding carboxylic acids is 2. The fraction of sp³-hybridized carbons (Fsp3) is 0.714. The Labute approximate surface area is 196 Å².